The summed E-state index contributed by atoms with van der Waals surface area (Å²) in [6, 6.07) is 26.2. The molecule has 3 aromatic carbocycles. The van der Waals surface area contributed by atoms with Gasteiger partial charge < -0.3 is 10.2 Å². The van der Waals surface area contributed by atoms with Crippen molar-refractivity contribution in [3.63, 3.8) is 0 Å². The third-order valence-corrected chi connectivity index (χ3v) is 5.44. The largest absolute Gasteiger partial charge is 0.355 e. The summed E-state index contributed by atoms with van der Waals surface area (Å²) in [5.41, 5.74) is 5.57. The van der Waals surface area contributed by atoms with Crippen molar-refractivity contribution in [2.75, 3.05) is 16.8 Å². The van der Waals surface area contributed by atoms with Gasteiger partial charge >= 0.3 is 0 Å². The van der Waals surface area contributed by atoms with Crippen molar-refractivity contribution in [3.8, 4) is 0 Å². The molecular weight excluding hydrogens is 344 g/mol. The van der Waals surface area contributed by atoms with E-state index >= 15 is 0 Å². The Balaban J connectivity index is 1.64. The van der Waals surface area contributed by atoms with Gasteiger partial charge in [0.15, 0.2) is 0 Å². The smallest absolute Gasteiger partial charge is 0.251 e. The van der Waals surface area contributed by atoms with Crippen LogP contribution >= 0.6 is 0 Å². The van der Waals surface area contributed by atoms with Crippen LogP contribution in [0.3, 0.4) is 0 Å². The molecule has 1 aliphatic rings. The van der Waals surface area contributed by atoms with Gasteiger partial charge in [0, 0.05) is 17.9 Å². The van der Waals surface area contributed by atoms with Crippen LogP contribution < -0.4 is 10.2 Å². The van der Waals surface area contributed by atoms with Gasteiger partial charge in [-0.15, -0.1) is 0 Å². The second-order valence-corrected chi connectivity index (χ2v) is 7.65. The highest BCUT2D eigenvalue weighted by Gasteiger charge is 2.32. The molecule has 0 saturated carbocycles. The molecule has 1 amide bonds. The maximum absolute atomic E-state index is 13.4. The van der Waals surface area contributed by atoms with Crippen LogP contribution in [-0.4, -0.2) is 12.5 Å². The molecule has 0 saturated heterocycles. The zero-order valence-electron chi connectivity index (χ0n) is 16.4. The van der Waals surface area contributed by atoms with E-state index in [-0.39, 0.29) is 11.9 Å². The zero-order valence-corrected chi connectivity index (χ0v) is 16.4. The van der Waals surface area contributed by atoms with Crippen LogP contribution in [0.1, 0.15) is 42.5 Å². The molecule has 3 heteroatoms. The van der Waals surface area contributed by atoms with Gasteiger partial charge in [-0.3, -0.25) is 4.79 Å². The summed E-state index contributed by atoms with van der Waals surface area (Å²) in [7, 11) is 0. The minimum Gasteiger partial charge on any atom is -0.355 e. The Morgan fingerprint density at radius 2 is 1.54 bits per heavy atom. The highest BCUT2D eigenvalue weighted by Crippen LogP contribution is 2.35. The molecule has 1 atom stereocenters. The fourth-order valence-electron chi connectivity index (χ4n) is 3.90. The van der Waals surface area contributed by atoms with Gasteiger partial charge in [0.1, 0.15) is 6.04 Å². The number of amides is 1. The number of benzene rings is 3. The molecule has 1 N–H and O–H groups in total. The van der Waals surface area contributed by atoms with E-state index in [1.165, 1.54) is 11.1 Å². The summed E-state index contributed by atoms with van der Waals surface area (Å²) < 4.78 is 0. The Labute approximate surface area is 167 Å². The molecule has 3 aromatic rings. The first-order valence-corrected chi connectivity index (χ1v) is 9.94. The van der Waals surface area contributed by atoms with E-state index in [4.69, 9.17) is 0 Å². The summed E-state index contributed by atoms with van der Waals surface area (Å²) in [5, 5.41) is 3.13. The number of rotatable bonds is 5. The van der Waals surface area contributed by atoms with Crippen molar-refractivity contribution in [1.82, 2.24) is 0 Å². The minimum absolute atomic E-state index is 0.000185. The summed E-state index contributed by atoms with van der Waals surface area (Å²) >= 11 is 0. The van der Waals surface area contributed by atoms with Crippen LogP contribution in [-0.2, 0) is 11.2 Å². The monoisotopic (exact) mass is 370 g/mol. The Kier molecular flexibility index (Phi) is 5.16. The molecule has 0 spiro atoms. The van der Waals surface area contributed by atoms with Gasteiger partial charge in [0.05, 0.1) is 0 Å². The van der Waals surface area contributed by atoms with Gasteiger partial charge in [0.2, 0.25) is 0 Å². The number of anilines is 2. The number of carbonyl (C=O) groups excluding carboxylic acids is 1. The maximum atomic E-state index is 13.4. The topological polar surface area (TPSA) is 32.3 Å². The molecular formula is C25H26N2O. The average Bonchev–Trinajstić information content (AvgIpc) is 3.13. The summed E-state index contributed by atoms with van der Waals surface area (Å²) in [6.45, 7) is 5.19. The van der Waals surface area contributed by atoms with Crippen LogP contribution in [0.15, 0.2) is 78.9 Å². The third kappa shape index (κ3) is 3.65. The molecule has 1 aliphatic heterocycles. The predicted molar refractivity (Wildman–Crippen MR) is 116 cm³/mol. The van der Waals surface area contributed by atoms with Crippen molar-refractivity contribution in [1.29, 1.82) is 0 Å². The lowest BCUT2D eigenvalue weighted by Crippen LogP contribution is -2.36. The highest BCUT2D eigenvalue weighted by atomic mass is 16.2. The van der Waals surface area contributed by atoms with Crippen LogP contribution in [0.25, 0.3) is 0 Å². The number of hydrogen-bond donors (Lipinski definition) is 1. The lowest BCUT2D eigenvalue weighted by molar-refractivity contribution is -0.117. The fourth-order valence-corrected chi connectivity index (χ4v) is 3.90. The SMILES string of the molecule is CC(C)c1ccc(NC(=O)[C@@H](c2ccccc2)N2CCc3ccccc32)cc1. The predicted octanol–water partition coefficient (Wildman–Crippen LogP) is 5.55. The summed E-state index contributed by atoms with van der Waals surface area (Å²) in [6.07, 6.45) is 0.968. The van der Waals surface area contributed by atoms with Gasteiger partial charge in [-0.05, 0) is 47.2 Å². The molecule has 0 aliphatic carbocycles. The van der Waals surface area contributed by atoms with Crippen molar-refractivity contribution >= 4 is 17.3 Å². The van der Waals surface area contributed by atoms with Gasteiger partial charge in [-0.2, -0.15) is 0 Å². The van der Waals surface area contributed by atoms with Crippen LogP contribution in [0, 0.1) is 0 Å². The first kappa shape index (κ1) is 18.3. The first-order chi connectivity index (χ1) is 13.6. The van der Waals surface area contributed by atoms with E-state index < -0.39 is 0 Å². The molecule has 0 unspecified atom stereocenters. The molecule has 142 valence electrons. The van der Waals surface area contributed by atoms with Gasteiger partial charge in [-0.25, -0.2) is 0 Å². The maximum Gasteiger partial charge on any atom is 0.251 e. The number of hydrogen-bond acceptors (Lipinski definition) is 2. The third-order valence-electron chi connectivity index (χ3n) is 5.44. The van der Waals surface area contributed by atoms with E-state index in [1.54, 1.807) is 0 Å². The van der Waals surface area contributed by atoms with E-state index in [0.717, 1.165) is 29.9 Å². The molecule has 0 fully saturated rings. The van der Waals surface area contributed by atoms with E-state index in [9.17, 15) is 4.79 Å². The summed E-state index contributed by atoms with van der Waals surface area (Å²) in [5.74, 6) is 0.475. The molecule has 0 radical (unpaired) electrons. The number of carbonyl (C=O) groups is 1. The van der Waals surface area contributed by atoms with Crippen molar-refractivity contribution in [2.24, 2.45) is 0 Å². The van der Waals surface area contributed by atoms with E-state index in [1.807, 2.05) is 48.5 Å². The van der Waals surface area contributed by atoms with Crippen molar-refractivity contribution < 1.29 is 4.79 Å². The number of para-hydroxylation sites is 1. The average molecular weight is 370 g/mol. The molecule has 28 heavy (non-hydrogen) atoms. The molecule has 3 nitrogen and oxygen atoms in total. The summed E-state index contributed by atoms with van der Waals surface area (Å²) in [4.78, 5) is 15.6. The van der Waals surface area contributed by atoms with Gasteiger partial charge in [0.25, 0.3) is 5.91 Å². The zero-order chi connectivity index (χ0) is 19.5. The Hall–Kier alpha value is -3.07. The Morgan fingerprint density at radius 1 is 0.857 bits per heavy atom. The van der Waals surface area contributed by atoms with Crippen LogP contribution in [0.4, 0.5) is 11.4 Å². The minimum atomic E-state index is -0.352. The Morgan fingerprint density at radius 3 is 2.25 bits per heavy atom. The quantitative estimate of drug-likeness (QED) is 0.638. The highest BCUT2D eigenvalue weighted by molar-refractivity contribution is 5.98. The molecule has 0 aromatic heterocycles. The molecule has 4 rings (SSSR count). The number of nitrogens with zero attached hydrogens (tertiary/aromatic N) is 1. The van der Waals surface area contributed by atoms with E-state index in [0.29, 0.717) is 5.92 Å². The second kappa shape index (κ2) is 7.89. The van der Waals surface area contributed by atoms with E-state index in [2.05, 4.69) is 54.4 Å². The standard InChI is InChI=1S/C25H26N2O/c1-18(2)19-12-14-22(15-13-19)26-25(28)24(21-9-4-3-5-10-21)27-17-16-20-8-6-7-11-23(20)27/h3-15,18,24H,16-17H2,1-2H3,(H,26,28)/t24-/m1/s1. The molecule has 1 heterocycles. The van der Waals surface area contributed by atoms with Gasteiger partial charge in [-0.1, -0.05) is 74.5 Å². The lowest BCUT2D eigenvalue weighted by atomic mass is 10.0. The second-order valence-electron chi connectivity index (χ2n) is 7.65. The lowest BCUT2D eigenvalue weighted by Gasteiger charge is -2.30. The number of nitrogens with one attached hydrogen (secondary N) is 1. The normalized spacial score (nSPS) is 14.0. The van der Waals surface area contributed by atoms with Crippen molar-refractivity contribution in [2.45, 2.75) is 32.2 Å². The van der Waals surface area contributed by atoms with Crippen molar-refractivity contribution in [3.05, 3.63) is 95.6 Å². The first-order valence-electron chi connectivity index (χ1n) is 9.94. The van der Waals surface area contributed by atoms with Crippen LogP contribution in [0.5, 0.6) is 0 Å². The molecule has 0 bridgehead atoms. The fraction of sp³-hybridized carbons (Fsp3) is 0.240. The Bertz CT molecular complexity index is 948. The number of fused-ring (bicyclic) bond motifs is 1. The van der Waals surface area contributed by atoms with Crippen LogP contribution in [0.2, 0.25) is 0 Å².